The maximum Gasteiger partial charge on any atom is 0.264 e. The Balaban J connectivity index is 2.02. The number of rotatable bonds is 9. The summed E-state index contributed by atoms with van der Waals surface area (Å²) in [4.78, 5) is 28.6. The van der Waals surface area contributed by atoms with Crippen molar-refractivity contribution in [2.24, 2.45) is 0 Å². The van der Waals surface area contributed by atoms with Crippen LogP contribution in [0.3, 0.4) is 0 Å². The molecule has 0 bridgehead atoms. The summed E-state index contributed by atoms with van der Waals surface area (Å²) in [5.74, 6) is -0.836. The summed E-state index contributed by atoms with van der Waals surface area (Å²) < 4.78 is 30.4. The lowest BCUT2D eigenvalue weighted by atomic mass is 10.1. The molecule has 3 rings (SSSR count). The molecule has 10 heteroatoms. The highest BCUT2D eigenvalue weighted by Crippen LogP contribution is 2.26. The highest BCUT2D eigenvalue weighted by molar-refractivity contribution is 9.10. The fourth-order valence-electron chi connectivity index (χ4n) is 3.82. The second kappa shape index (κ2) is 12.7. The van der Waals surface area contributed by atoms with Gasteiger partial charge in [-0.1, -0.05) is 61.7 Å². The fourth-order valence-corrected chi connectivity index (χ4v) is 5.76. The van der Waals surface area contributed by atoms with Crippen molar-refractivity contribution in [1.29, 1.82) is 0 Å². The third-order valence-electron chi connectivity index (χ3n) is 5.93. The number of carbonyl (C=O) groups is 2. The van der Waals surface area contributed by atoms with E-state index in [1.54, 1.807) is 43.3 Å². The van der Waals surface area contributed by atoms with Crippen LogP contribution in [0.1, 0.15) is 38.8 Å². The molecule has 0 aromatic heterocycles. The largest absolute Gasteiger partial charge is 0.350 e. The lowest BCUT2D eigenvalue weighted by Gasteiger charge is -2.33. The highest BCUT2D eigenvalue weighted by Gasteiger charge is 2.33. The summed E-state index contributed by atoms with van der Waals surface area (Å²) in [5, 5.41) is 2.92. The summed E-state index contributed by atoms with van der Waals surface area (Å²) >= 11 is 6.80. The predicted molar refractivity (Wildman–Crippen MR) is 162 cm³/mol. The highest BCUT2D eigenvalue weighted by atomic mass is 79.9. The Morgan fingerprint density at radius 1 is 0.872 bits per heavy atom. The molecule has 2 amide bonds. The molecule has 1 N–H and O–H groups in total. The summed E-state index contributed by atoms with van der Waals surface area (Å²) in [6.07, 6.45) is 0. The summed E-state index contributed by atoms with van der Waals surface area (Å²) in [7, 11) is -4.10. The van der Waals surface area contributed by atoms with E-state index in [9.17, 15) is 18.0 Å². The van der Waals surface area contributed by atoms with Gasteiger partial charge in [0.25, 0.3) is 10.0 Å². The molecule has 0 spiro atoms. The molecule has 3 aromatic rings. The minimum atomic E-state index is -4.10. The Kier molecular flexibility index (Phi) is 10.0. The lowest BCUT2D eigenvalue weighted by molar-refractivity contribution is -0.140. The molecule has 1 atom stereocenters. The fraction of sp³-hybridized carbons (Fsp3) is 0.310. The molecule has 0 aliphatic carbocycles. The van der Waals surface area contributed by atoms with Crippen LogP contribution >= 0.6 is 31.9 Å². The molecule has 0 aliphatic rings. The average molecular weight is 679 g/mol. The first kappa shape index (κ1) is 30.8. The standard InChI is InChI=1S/C29H33Br2N3O4S/c1-20-6-16-26(17-7-20)39(37,38)34(25-14-12-24(31)13-15-25)19-27(35)33(18-22-8-10-23(30)11-9-22)21(2)28(36)32-29(3,4)5/h6-17,21H,18-19H2,1-5H3,(H,32,36)/t21-/m1/s1. The van der Waals surface area contributed by atoms with Gasteiger partial charge in [0.15, 0.2) is 0 Å². The van der Waals surface area contributed by atoms with Gasteiger partial charge in [0, 0.05) is 21.0 Å². The van der Waals surface area contributed by atoms with Crippen LogP contribution in [0.15, 0.2) is 86.6 Å². The van der Waals surface area contributed by atoms with Gasteiger partial charge < -0.3 is 10.2 Å². The van der Waals surface area contributed by atoms with E-state index in [1.165, 1.54) is 17.0 Å². The molecule has 39 heavy (non-hydrogen) atoms. The van der Waals surface area contributed by atoms with Crippen molar-refractivity contribution in [3.63, 3.8) is 0 Å². The molecule has 0 heterocycles. The third-order valence-corrected chi connectivity index (χ3v) is 8.78. The van der Waals surface area contributed by atoms with Crippen molar-refractivity contribution >= 4 is 59.4 Å². The number of hydrogen-bond donors (Lipinski definition) is 1. The normalized spacial score (nSPS) is 12.5. The van der Waals surface area contributed by atoms with Crippen LogP contribution in [0.25, 0.3) is 0 Å². The zero-order chi connectivity index (χ0) is 29.0. The molecular weight excluding hydrogens is 646 g/mol. The average Bonchev–Trinajstić information content (AvgIpc) is 2.86. The van der Waals surface area contributed by atoms with Crippen molar-refractivity contribution in [2.45, 2.75) is 57.6 Å². The molecule has 0 fully saturated rings. The summed E-state index contributed by atoms with van der Waals surface area (Å²) in [6, 6.07) is 19.8. The Labute approximate surface area is 247 Å². The first-order valence-corrected chi connectivity index (χ1v) is 15.4. The van der Waals surface area contributed by atoms with Gasteiger partial charge in [-0.25, -0.2) is 8.42 Å². The van der Waals surface area contributed by atoms with Gasteiger partial charge in [0.05, 0.1) is 10.6 Å². The number of benzene rings is 3. The van der Waals surface area contributed by atoms with E-state index in [1.807, 2.05) is 52.0 Å². The van der Waals surface area contributed by atoms with E-state index in [-0.39, 0.29) is 17.3 Å². The first-order valence-electron chi connectivity index (χ1n) is 12.4. The SMILES string of the molecule is Cc1ccc(S(=O)(=O)N(CC(=O)N(Cc2ccc(Br)cc2)[C@H](C)C(=O)NC(C)(C)C)c2ccc(Br)cc2)cc1. The smallest absolute Gasteiger partial charge is 0.264 e. The number of halogens is 2. The number of aryl methyl sites for hydroxylation is 1. The van der Waals surface area contributed by atoms with Crippen molar-refractivity contribution < 1.29 is 18.0 Å². The molecule has 7 nitrogen and oxygen atoms in total. The monoisotopic (exact) mass is 677 g/mol. The van der Waals surface area contributed by atoms with Crippen molar-refractivity contribution in [3.8, 4) is 0 Å². The Morgan fingerprint density at radius 2 is 1.38 bits per heavy atom. The molecule has 3 aromatic carbocycles. The quantitative estimate of drug-likeness (QED) is 0.299. The van der Waals surface area contributed by atoms with Crippen LogP contribution in [0.4, 0.5) is 5.69 Å². The van der Waals surface area contributed by atoms with Gasteiger partial charge in [-0.3, -0.25) is 13.9 Å². The van der Waals surface area contributed by atoms with Gasteiger partial charge in [-0.15, -0.1) is 0 Å². The van der Waals surface area contributed by atoms with Crippen LogP contribution in [-0.4, -0.2) is 43.3 Å². The van der Waals surface area contributed by atoms with E-state index in [0.29, 0.717) is 5.69 Å². The first-order chi connectivity index (χ1) is 18.2. The lowest BCUT2D eigenvalue weighted by Crippen LogP contribution is -2.54. The van der Waals surface area contributed by atoms with Crippen molar-refractivity contribution in [3.05, 3.63) is 92.9 Å². The van der Waals surface area contributed by atoms with Crippen LogP contribution in [0.5, 0.6) is 0 Å². The van der Waals surface area contributed by atoms with Crippen LogP contribution < -0.4 is 9.62 Å². The molecule has 208 valence electrons. The third kappa shape index (κ3) is 8.40. The van der Waals surface area contributed by atoms with Gasteiger partial charge in [-0.2, -0.15) is 0 Å². The van der Waals surface area contributed by atoms with Gasteiger partial charge >= 0.3 is 0 Å². The second-order valence-electron chi connectivity index (χ2n) is 10.4. The van der Waals surface area contributed by atoms with Crippen LogP contribution in [0.2, 0.25) is 0 Å². The number of sulfonamides is 1. The number of nitrogens with zero attached hydrogens (tertiary/aromatic N) is 2. The summed E-state index contributed by atoms with van der Waals surface area (Å²) in [6.45, 7) is 8.75. The predicted octanol–water partition coefficient (Wildman–Crippen LogP) is 6.05. The zero-order valence-corrected chi connectivity index (χ0v) is 26.6. The van der Waals surface area contributed by atoms with Crippen molar-refractivity contribution in [2.75, 3.05) is 10.8 Å². The topological polar surface area (TPSA) is 86.8 Å². The second-order valence-corrected chi connectivity index (χ2v) is 14.1. The van der Waals surface area contributed by atoms with E-state index in [4.69, 9.17) is 0 Å². The molecule has 0 saturated carbocycles. The number of hydrogen-bond acceptors (Lipinski definition) is 4. The van der Waals surface area contributed by atoms with E-state index < -0.39 is 34.1 Å². The maximum atomic E-state index is 13.9. The Hall–Kier alpha value is -2.69. The van der Waals surface area contributed by atoms with Gasteiger partial charge in [0.1, 0.15) is 12.6 Å². The summed E-state index contributed by atoms with van der Waals surface area (Å²) in [5.41, 5.74) is 1.55. The minimum Gasteiger partial charge on any atom is -0.350 e. The van der Waals surface area contributed by atoms with Crippen molar-refractivity contribution in [1.82, 2.24) is 10.2 Å². The van der Waals surface area contributed by atoms with Gasteiger partial charge in [-0.05, 0) is 88.7 Å². The molecule has 0 aliphatic heterocycles. The maximum absolute atomic E-state index is 13.9. The van der Waals surface area contributed by atoms with E-state index >= 15 is 0 Å². The molecular formula is C29H33Br2N3O4S. The van der Waals surface area contributed by atoms with Crippen LogP contribution in [0, 0.1) is 6.92 Å². The van der Waals surface area contributed by atoms with E-state index in [2.05, 4.69) is 37.2 Å². The minimum absolute atomic E-state index is 0.0711. The molecule has 0 saturated heterocycles. The molecule has 0 radical (unpaired) electrons. The number of anilines is 1. The van der Waals surface area contributed by atoms with Gasteiger partial charge in [0.2, 0.25) is 11.8 Å². The van der Waals surface area contributed by atoms with E-state index in [0.717, 1.165) is 24.4 Å². The Morgan fingerprint density at radius 3 is 1.90 bits per heavy atom. The molecule has 0 unspecified atom stereocenters. The Bertz CT molecular complexity index is 1400. The number of carbonyl (C=O) groups excluding carboxylic acids is 2. The number of amides is 2. The number of nitrogens with one attached hydrogen (secondary N) is 1. The van der Waals surface area contributed by atoms with Crippen LogP contribution in [-0.2, 0) is 26.2 Å². The zero-order valence-electron chi connectivity index (χ0n) is 22.6.